The molecule has 1 atom stereocenters. The summed E-state index contributed by atoms with van der Waals surface area (Å²) in [5.74, 6) is -0.493. The maximum Gasteiger partial charge on any atom is 1.00 e. The molecule has 2 fully saturated rings. The molecule has 226 valence electrons. The van der Waals surface area contributed by atoms with Gasteiger partial charge >= 0.3 is 57.6 Å². The fourth-order valence-corrected chi connectivity index (χ4v) is 4.68. The molecular formula is C29H33F3KN7O3-2. The average Bonchev–Trinajstić information content (AvgIpc) is 3.31. The first-order chi connectivity index (χ1) is 20.0. The van der Waals surface area contributed by atoms with Gasteiger partial charge in [-0.2, -0.15) is 24.3 Å². The molecule has 1 aromatic carbocycles. The van der Waals surface area contributed by atoms with Crippen LogP contribution in [0.2, 0.25) is 0 Å². The van der Waals surface area contributed by atoms with E-state index in [1.807, 2.05) is 0 Å². The van der Waals surface area contributed by atoms with Gasteiger partial charge in [0.25, 0.3) is 5.91 Å². The Morgan fingerprint density at radius 3 is 2.44 bits per heavy atom. The number of aryl methyl sites for hydroxylation is 1. The first-order valence-corrected chi connectivity index (χ1v) is 13.6. The van der Waals surface area contributed by atoms with E-state index in [9.17, 15) is 27.6 Å². The minimum absolute atomic E-state index is 0. The predicted octanol–water partition coefficient (Wildman–Crippen LogP) is 0.895. The average molecular weight is 624 g/mol. The number of anilines is 1. The number of amides is 2. The topological polar surface area (TPSA) is 114 Å². The zero-order valence-electron chi connectivity index (χ0n) is 24.5. The van der Waals surface area contributed by atoms with Gasteiger partial charge in [-0.25, -0.2) is 4.98 Å². The molecule has 0 radical (unpaired) electrons. The van der Waals surface area contributed by atoms with E-state index in [0.29, 0.717) is 29.9 Å². The van der Waals surface area contributed by atoms with Crippen molar-refractivity contribution in [1.82, 2.24) is 29.5 Å². The van der Waals surface area contributed by atoms with Crippen LogP contribution in [-0.4, -0.2) is 68.0 Å². The molecule has 1 saturated carbocycles. The maximum absolute atomic E-state index is 13.5. The number of halogens is 3. The summed E-state index contributed by atoms with van der Waals surface area (Å²) in [6.07, 6.45) is 3.38. The van der Waals surface area contributed by atoms with Crippen LogP contribution in [0.15, 0.2) is 30.6 Å². The third kappa shape index (κ3) is 8.42. The van der Waals surface area contributed by atoms with E-state index >= 15 is 0 Å². The molecular weight excluding hydrogens is 590 g/mol. The van der Waals surface area contributed by atoms with Crippen molar-refractivity contribution in [3.05, 3.63) is 67.1 Å². The molecule has 2 aromatic heterocycles. The van der Waals surface area contributed by atoms with Gasteiger partial charge in [-0.05, 0) is 32.2 Å². The van der Waals surface area contributed by atoms with Crippen LogP contribution in [0, 0.1) is 20.8 Å². The molecule has 5 rings (SSSR count). The van der Waals surface area contributed by atoms with E-state index in [0.717, 1.165) is 32.2 Å². The first-order valence-electron chi connectivity index (χ1n) is 13.6. The quantitative estimate of drug-likeness (QED) is 0.285. The Labute approximate surface area is 291 Å². The molecule has 0 unspecified atom stereocenters. The molecule has 3 heterocycles. The number of nitrogens with zero attached hydrogens (tertiary/aromatic N) is 5. The van der Waals surface area contributed by atoms with Crippen LogP contribution in [0.3, 0.4) is 0 Å². The van der Waals surface area contributed by atoms with E-state index in [1.54, 1.807) is 24.2 Å². The van der Waals surface area contributed by atoms with Crippen molar-refractivity contribution < 1.29 is 78.9 Å². The molecule has 0 spiro atoms. The van der Waals surface area contributed by atoms with Crippen molar-refractivity contribution in [1.29, 1.82) is 0 Å². The van der Waals surface area contributed by atoms with Gasteiger partial charge in [0, 0.05) is 18.9 Å². The van der Waals surface area contributed by atoms with E-state index in [1.165, 1.54) is 40.8 Å². The van der Waals surface area contributed by atoms with E-state index in [2.05, 4.69) is 34.6 Å². The van der Waals surface area contributed by atoms with Gasteiger partial charge in [-0.3, -0.25) is 14.3 Å². The molecule has 3 aromatic rings. The van der Waals surface area contributed by atoms with Gasteiger partial charge in [-0.1, -0.05) is 19.1 Å². The van der Waals surface area contributed by atoms with Gasteiger partial charge in [0.15, 0.2) is 11.5 Å². The zero-order valence-corrected chi connectivity index (χ0v) is 27.6. The Morgan fingerprint density at radius 1 is 1.21 bits per heavy atom. The monoisotopic (exact) mass is 623 g/mol. The number of alkyl halides is 3. The number of rotatable bonds is 8. The normalized spacial score (nSPS) is 16.1. The summed E-state index contributed by atoms with van der Waals surface area (Å²) in [4.78, 5) is 40.7. The van der Waals surface area contributed by atoms with Crippen LogP contribution in [-0.2, 0) is 22.8 Å². The van der Waals surface area contributed by atoms with Gasteiger partial charge in [0.05, 0.1) is 35.8 Å². The SMILES string of the molecule is Cc1cc(NC(=O)c2ncc(-c3cn(C4CC4)nc3C(F)(F)F)n2C)ccc1[C-]=O.[CH2-]CN(C[CH2-])C(=O)[C@H]1CCCN1.[K+]. The number of imidazole rings is 1. The number of benzene rings is 1. The third-order valence-corrected chi connectivity index (χ3v) is 7.19. The summed E-state index contributed by atoms with van der Waals surface area (Å²) >= 11 is 0. The minimum atomic E-state index is -4.63. The number of hydrogen-bond acceptors (Lipinski definition) is 6. The Balaban J connectivity index is 0.000000329. The number of nitrogens with one attached hydrogen (secondary N) is 2. The summed E-state index contributed by atoms with van der Waals surface area (Å²) in [6, 6.07) is 4.66. The molecule has 1 aliphatic carbocycles. The fourth-order valence-electron chi connectivity index (χ4n) is 4.68. The molecule has 43 heavy (non-hydrogen) atoms. The Hall–Kier alpha value is -2.36. The van der Waals surface area contributed by atoms with Crippen molar-refractivity contribution >= 4 is 23.8 Å². The van der Waals surface area contributed by atoms with Gasteiger partial charge in [0.1, 0.15) is 0 Å². The second-order valence-electron chi connectivity index (χ2n) is 10.2. The molecule has 1 aliphatic heterocycles. The van der Waals surface area contributed by atoms with Gasteiger partial charge in [0.2, 0.25) is 5.91 Å². The second kappa shape index (κ2) is 15.1. The van der Waals surface area contributed by atoms with E-state index < -0.39 is 17.8 Å². The summed E-state index contributed by atoms with van der Waals surface area (Å²) in [5, 5.41) is 9.53. The van der Waals surface area contributed by atoms with E-state index in [-0.39, 0.29) is 86.5 Å². The van der Waals surface area contributed by atoms with Crippen molar-refractivity contribution in [2.24, 2.45) is 7.05 Å². The van der Waals surface area contributed by atoms with Crippen molar-refractivity contribution in [2.75, 3.05) is 25.0 Å². The Bertz CT molecular complexity index is 1440. The predicted molar refractivity (Wildman–Crippen MR) is 150 cm³/mol. The Morgan fingerprint density at radius 2 is 1.91 bits per heavy atom. The van der Waals surface area contributed by atoms with Crippen molar-refractivity contribution in [3.8, 4) is 11.3 Å². The van der Waals surface area contributed by atoms with E-state index in [4.69, 9.17) is 0 Å². The van der Waals surface area contributed by atoms with Gasteiger partial charge < -0.3 is 38.7 Å². The van der Waals surface area contributed by atoms with Crippen LogP contribution in [0.4, 0.5) is 18.9 Å². The van der Waals surface area contributed by atoms with Gasteiger partial charge in [-0.15, -0.1) is 24.2 Å². The molecule has 2 N–H and O–H groups in total. The number of hydrogen-bond donors (Lipinski definition) is 2. The third-order valence-electron chi connectivity index (χ3n) is 7.19. The largest absolute Gasteiger partial charge is 1.00 e. The first kappa shape index (κ1) is 35.1. The maximum atomic E-state index is 13.5. The van der Waals surface area contributed by atoms with Crippen molar-refractivity contribution in [3.63, 3.8) is 0 Å². The molecule has 14 heteroatoms. The smallest absolute Gasteiger partial charge is 0.401 e. The molecule has 2 aliphatic rings. The molecule has 1 saturated heterocycles. The van der Waals surface area contributed by atoms with Crippen LogP contribution in [0.25, 0.3) is 11.3 Å². The number of aromatic nitrogens is 4. The number of carbonyl (C=O) groups is 2. The summed E-state index contributed by atoms with van der Waals surface area (Å²) in [5.41, 5.74) is 0.455. The minimum Gasteiger partial charge on any atom is -0.401 e. The fraction of sp³-hybridized carbons (Fsp3) is 0.414. The summed E-state index contributed by atoms with van der Waals surface area (Å²) in [7, 11) is 1.47. The zero-order chi connectivity index (χ0) is 30.6. The summed E-state index contributed by atoms with van der Waals surface area (Å²) in [6.45, 7) is 11.1. The van der Waals surface area contributed by atoms with Crippen molar-refractivity contribution in [2.45, 2.75) is 50.9 Å². The van der Waals surface area contributed by atoms with Crippen LogP contribution >= 0.6 is 0 Å². The molecule has 10 nitrogen and oxygen atoms in total. The van der Waals surface area contributed by atoms with Crippen LogP contribution < -0.4 is 62.0 Å². The standard InChI is InChI=1S/C20H17F3N5O2.C9H16N2O.K/c1-11-7-13(4-3-12(11)10-29)25-19(30)18-24-8-16(27(18)2)15-9-28(14-5-6-14)26-17(15)20(21,22)23;1-3-11(4-2)9(12)8-6-5-7-10-8;/h3-4,7-9,14H,5-6H2,1-2H3,(H,25,30);8,10H,1-7H2;/q-1;-2;+1/t;8-;/m.1./s1. The number of carbonyl (C=O) groups excluding carboxylic acids is 3. The van der Waals surface area contributed by atoms with Crippen LogP contribution in [0.1, 0.15) is 59.2 Å². The summed E-state index contributed by atoms with van der Waals surface area (Å²) < 4.78 is 43.1. The molecule has 0 bridgehead atoms. The van der Waals surface area contributed by atoms with Crippen LogP contribution in [0.5, 0.6) is 0 Å². The second-order valence-corrected chi connectivity index (χ2v) is 10.2. The molecule has 2 amide bonds. The Kier molecular flexibility index (Phi) is 12.3.